The molecule has 1 fully saturated rings. The van der Waals surface area contributed by atoms with E-state index in [-0.39, 0.29) is 12.0 Å². The minimum Gasteiger partial charge on any atom is -0.368 e. The van der Waals surface area contributed by atoms with Gasteiger partial charge in [-0.3, -0.25) is 10.1 Å². The number of halogens is 1. The van der Waals surface area contributed by atoms with Crippen molar-refractivity contribution >= 4 is 45.7 Å². The topological polar surface area (TPSA) is 64.1 Å². The lowest BCUT2D eigenvalue weighted by Crippen LogP contribution is -2.26. The summed E-state index contributed by atoms with van der Waals surface area (Å²) in [6, 6.07) is 7.70. The van der Waals surface area contributed by atoms with E-state index in [9.17, 15) is 4.79 Å². The van der Waals surface area contributed by atoms with Gasteiger partial charge in [0.1, 0.15) is 6.10 Å². The third kappa shape index (κ3) is 4.19. The van der Waals surface area contributed by atoms with Crippen LogP contribution in [0, 0.1) is 0 Å². The Balaban J connectivity index is 1.52. The normalized spacial score (nSPS) is 17.6. The van der Waals surface area contributed by atoms with Crippen LogP contribution in [0.4, 0.5) is 5.13 Å². The van der Waals surface area contributed by atoms with Crippen molar-refractivity contribution in [3.63, 3.8) is 0 Å². The first-order valence-corrected chi connectivity index (χ1v) is 9.02. The first kappa shape index (κ1) is 15.7. The van der Waals surface area contributed by atoms with Gasteiger partial charge < -0.3 is 4.74 Å². The molecule has 0 aliphatic carbocycles. The van der Waals surface area contributed by atoms with E-state index in [1.54, 1.807) is 11.8 Å². The third-order valence-corrected chi connectivity index (χ3v) is 5.43. The molecule has 22 heavy (non-hydrogen) atoms. The second kappa shape index (κ2) is 7.41. The van der Waals surface area contributed by atoms with Crippen LogP contribution in [0.2, 0.25) is 5.02 Å². The summed E-state index contributed by atoms with van der Waals surface area (Å²) in [6.45, 7) is 0.649. The molecular formula is C14H14ClN3O2S2. The van der Waals surface area contributed by atoms with Crippen LogP contribution in [-0.4, -0.2) is 28.8 Å². The molecule has 2 aromatic rings. The van der Waals surface area contributed by atoms with Gasteiger partial charge in [-0.05, 0) is 30.5 Å². The van der Waals surface area contributed by atoms with E-state index in [2.05, 4.69) is 15.5 Å². The number of rotatable bonds is 5. The molecular weight excluding hydrogens is 342 g/mol. The monoisotopic (exact) mass is 355 g/mol. The number of anilines is 1. The lowest BCUT2D eigenvalue weighted by atomic mass is 10.2. The zero-order valence-electron chi connectivity index (χ0n) is 11.6. The maximum atomic E-state index is 11.9. The summed E-state index contributed by atoms with van der Waals surface area (Å²) in [4.78, 5) is 11.9. The standard InChI is InChI=1S/C14H14ClN3O2S2/c15-10-5-3-9(4-6-10)8-21-14-18-17-13(22-14)16-12(19)11-2-1-7-20-11/h3-6,11H,1-2,7-8H2,(H,16,17,19)/t11-/m0/s1. The van der Waals surface area contributed by atoms with Gasteiger partial charge in [-0.25, -0.2) is 0 Å². The summed E-state index contributed by atoms with van der Waals surface area (Å²) in [7, 11) is 0. The predicted octanol–water partition coefficient (Wildman–Crippen LogP) is 3.60. The van der Waals surface area contributed by atoms with E-state index < -0.39 is 0 Å². The van der Waals surface area contributed by atoms with Crippen molar-refractivity contribution in [3.05, 3.63) is 34.9 Å². The number of ether oxygens (including phenoxy) is 1. The van der Waals surface area contributed by atoms with Gasteiger partial charge in [0.2, 0.25) is 5.13 Å². The number of nitrogens with one attached hydrogen (secondary N) is 1. The number of amides is 1. The van der Waals surface area contributed by atoms with Crippen molar-refractivity contribution in [2.24, 2.45) is 0 Å². The minimum atomic E-state index is -0.353. The molecule has 2 heterocycles. The summed E-state index contributed by atoms with van der Waals surface area (Å²) in [5.74, 6) is 0.647. The quantitative estimate of drug-likeness (QED) is 0.655. The van der Waals surface area contributed by atoms with Crippen molar-refractivity contribution in [2.75, 3.05) is 11.9 Å². The SMILES string of the molecule is O=C(Nc1nnc(SCc2ccc(Cl)cc2)s1)[C@@H]1CCCO1. The summed E-state index contributed by atoms with van der Waals surface area (Å²) < 4.78 is 6.15. The predicted molar refractivity (Wildman–Crippen MR) is 88.5 cm³/mol. The number of nitrogens with zero attached hydrogens (tertiary/aromatic N) is 2. The second-order valence-electron chi connectivity index (χ2n) is 4.78. The maximum absolute atomic E-state index is 11.9. The number of carbonyl (C=O) groups excluding carboxylic acids is 1. The van der Waals surface area contributed by atoms with Gasteiger partial charge in [0.15, 0.2) is 4.34 Å². The lowest BCUT2D eigenvalue weighted by molar-refractivity contribution is -0.124. The Labute approximate surface area is 141 Å². The Kier molecular flexibility index (Phi) is 5.30. The summed E-state index contributed by atoms with van der Waals surface area (Å²) in [5, 5.41) is 12.1. The highest BCUT2D eigenvalue weighted by Gasteiger charge is 2.24. The largest absolute Gasteiger partial charge is 0.368 e. The lowest BCUT2D eigenvalue weighted by Gasteiger charge is -2.06. The van der Waals surface area contributed by atoms with Crippen LogP contribution in [0.3, 0.4) is 0 Å². The van der Waals surface area contributed by atoms with Gasteiger partial charge >= 0.3 is 0 Å². The smallest absolute Gasteiger partial charge is 0.255 e. The van der Waals surface area contributed by atoms with E-state index in [1.165, 1.54) is 11.3 Å². The fourth-order valence-corrected chi connectivity index (χ4v) is 3.85. The average Bonchev–Trinajstić information content (AvgIpc) is 3.18. The Hall–Kier alpha value is -1.15. The molecule has 1 saturated heterocycles. The average molecular weight is 356 g/mol. The molecule has 1 aromatic heterocycles. The Morgan fingerprint density at radius 1 is 1.41 bits per heavy atom. The van der Waals surface area contributed by atoms with E-state index in [1.807, 2.05) is 24.3 Å². The molecule has 0 unspecified atom stereocenters. The van der Waals surface area contributed by atoms with Crippen LogP contribution < -0.4 is 5.32 Å². The molecule has 3 rings (SSSR count). The summed E-state index contributed by atoms with van der Waals surface area (Å²) in [6.07, 6.45) is 1.34. The summed E-state index contributed by atoms with van der Waals surface area (Å²) in [5.41, 5.74) is 1.16. The van der Waals surface area contributed by atoms with Gasteiger partial charge in [0.25, 0.3) is 5.91 Å². The third-order valence-electron chi connectivity index (χ3n) is 3.13. The van der Waals surface area contributed by atoms with Crippen molar-refractivity contribution in [1.29, 1.82) is 0 Å². The molecule has 1 amide bonds. The van der Waals surface area contributed by atoms with Gasteiger partial charge in [0.05, 0.1) is 0 Å². The van der Waals surface area contributed by atoms with E-state index in [0.717, 1.165) is 33.5 Å². The van der Waals surface area contributed by atoms with E-state index >= 15 is 0 Å². The van der Waals surface area contributed by atoms with Crippen LogP contribution in [0.25, 0.3) is 0 Å². The number of thioether (sulfide) groups is 1. The zero-order chi connectivity index (χ0) is 15.4. The fraction of sp³-hybridized carbons (Fsp3) is 0.357. The van der Waals surface area contributed by atoms with E-state index in [0.29, 0.717) is 11.7 Å². The molecule has 0 spiro atoms. The Morgan fingerprint density at radius 2 is 2.23 bits per heavy atom. The molecule has 0 bridgehead atoms. The molecule has 0 saturated carbocycles. The van der Waals surface area contributed by atoms with Crippen LogP contribution in [0.5, 0.6) is 0 Å². The molecule has 1 aliphatic heterocycles. The second-order valence-corrected chi connectivity index (χ2v) is 7.42. The molecule has 1 aromatic carbocycles. The molecule has 5 nitrogen and oxygen atoms in total. The van der Waals surface area contributed by atoms with Gasteiger partial charge in [-0.1, -0.05) is 46.8 Å². The first-order valence-electron chi connectivity index (χ1n) is 6.84. The van der Waals surface area contributed by atoms with Crippen LogP contribution in [-0.2, 0) is 15.3 Å². The van der Waals surface area contributed by atoms with Crippen molar-refractivity contribution in [2.45, 2.75) is 29.0 Å². The molecule has 8 heteroatoms. The van der Waals surface area contributed by atoms with Crippen LogP contribution >= 0.6 is 34.7 Å². The Bertz CT molecular complexity index is 642. The molecule has 1 aliphatic rings. The molecule has 1 atom stereocenters. The number of benzene rings is 1. The molecule has 116 valence electrons. The summed E-state index contributed by atoms with van der Waals surface area (Å²) >= 11 is 8.81. The Morgan fingerprint density at radius 3 is 2.95 bits per heavy atom. The number of hydrogen-bond acceptors (Lipinski definition) is 6. The first-order chi connectivity index (χ1) is 10.7. The fourth-order valence-electron chi connectivity index (χ4n) is 2.01. The van der Waals surface area contributed by atoms with Crippen LogP contribution in [0.15, 0.2) is 28.6 Å². The minimum absolute atomic E-state index is 0.136. The number of hydrogen-bond donors (Lipinski definition) is 1. The van der Waals surface area contributed by atoms with Crippen molar-refractivity contribution < 1.29 is 9.53 Å². The number of carbonyl (C=O) groups is 1. The molecule has 1 N–H and O–H groups in total. The maximum Gasteiger partial charge on any atom is 0.255 e. The van der Waals surface area contributed by atoms with Gasteiger partial charge in [-0.2, -0.15) is 0 Å². The van der Waals surface area contributed by atoms with Crippen molar-refractivity contribution in [1.82, 2.24) is 10.2 Å². The highest BCUT2D eigenvalue weighted by atomic mass is 35.5. The molecule has 0 radical (unpaired) electrons. The zero-order valence-corrected chi connectivity index (χ0v) is 14.0. The van der Waals surface area contributed by atoms with E-state index in [4.69, 9.17) is 16.3 Å². The highest BCUT2D eigenvalue weighted by Crippen LogP contribution is 2.29. The van der Waals surface area contributed by atoms with Gasteiger partial charge in [0, 0.05) is 17.4 Å². The van der Waals surface area contributed by atoms with Crippen LogP contribution in [0.1, 0.15) is 18.4 Å². The van der Waals surface area contributed by atoms with Crippen molar-refractivity contribution in [3.8, 4) is 0 Å². The van der Waals surface area contributed by atoms with Gasteiger partial charge in [-0.15, -0.1) is 10.2 Å². The number of aromatic nitrogens is 2. The highest BCUT2D eigenvalue weighted by molar-refractivity contribution is 8.00.